The Morgan fingerprint density at radius 2 is 2.06 bits per heavy atom. The Kier molecular flexibility index (Phi) is 5.69. The van der Waals surface area contributed by atoms with Crippen LogP contribution in [-0.4, -0.2) is 49.2 Å². The Balaban J connectivity index is 2.07. The zero-order valence-electron chi connectivity index (χ0n) is 10.7. The molecule has 0 saturated heterocycles. The van der Waals surface area contributed by atoms with Gasteiger partial charge >= 0.3 is 0 Å². The zero-order valence-corrected chi connectivity index (χ0v) is 10.7. The molecule has 0 aromatic carbocycles. The molecule has 1 atom stereocenters. The molecule has 4 heteroatoms. The minimum Gasteiger partial charge on any atom is -0.394 e. The molecule has 0 spiro atoms. The quantitative estimate of drug-likeness (QED) is 0.580. The third kappa shape index (κ3) is 5.80. The van der Waals surface area contributed by atoms with E-state index in [9.17, 15) is 5.11 Å². The van der Waals surface area contributed by atoms with Crippen molar-refractivity contribution in [2.24, 2.45) is 0 Å². The first-order valence-electron chi connectivity index (χ1n) is 6.13. The van der Waals surface area contributed by atoms with E-state index in [2.05, 4.69) is 5.32 Å². The molecule has 4 nitrogen and oxygen atoms in total. The van der Waals surface area contributed by atoms with Crippen LogP contribution in [0.3, 0.4) is 0 Å². The van der Waals surface area contributed by atoms with Crippen molar-refractivity contribution in [3.63, 3.8) is 0 Å². The van der Waals surface area contributed by atoms with Crippen molar-refractivity contribution >= 4 is 0 Å². The molecule has 1 unspecified atom stereocenters. The van der Waals surface area contributed by atoms with Crippen LogP contribution in [0.15, 0.2) is 0 Å². The second kappa shape index (κ2) is 6.55. The molecule has 16 heavy (non-hydrogen) atoms. The molecule has 0 aromatic heterocycles. The van der Waals surface area contributed by atoms with Gasteiger partial charge in [-0.25, -0.2) is 0 Å². The molecule has 0 aliphatic heterocycles. The van der Waals surface area contributed by atoms with Crippen molar-refractivity contribution in [3.8, 4) is 0 Å². The van der Waals surface area contributed by atoms with E-state index in [4.69, 9.17) is 9.47 Å². The van der Waals surface area contributed by atoms with E-state index < -0.39 is 0 Å². The van der Waals surface area contributed by atoms with Crippen LogP contribution < -0.4 is 5.32 Å². The fourth-order valence-electron chi connectivity index (χ4n) is 1.49. The number of hydrogen-bond acceptors (Lipinski definition) is 4. The zero-order chi connectivity index (χ0) is 12.0. The average molecular weight is 231 g/mol. The second-order valence-corrected chi connectivity index (χ2v) is 5.11. The topological polar surface area (TPSA) is 50.7 Å². The third-order valence-corrected chi connectivity index (χ3v) is 2.58. The number of ether oxygens (including phenoxy) is 2. The summed E-state index contributed by atoms with van der Waals surface area (Å²) in [5.74, 6) is 0. The van der Waals surface area contributed by atoms with E-state index >= 15 is 0 Å². The molecule has 1 fully saturated rings. The van der Waals surface area contributed by atoms with Gasteiger partial charge in [0.05, 0.1) is 38.1 Å². The van der Waals surface area contributed by atoms with Crippen molar-refractivity contribution in [2.75, 3.05) is 26.4 Å². The van der Waals surface area contributed by atoms with E-state index in [0.717, 1.165) is 0 Å². The molecule has 0 bridgehead atoms. The van der Waals surface area contributed by atoms with Crippen molar-refractivity contribution < 1.29 is 14.6 Å². The van der Waals surface area contributed by atoms with Crippen LogP contribution >= 0.6 is 0 Å². The molecule has 0 radical (unpaired) electrons. The largest absolute Gasteiger partial charge is 0.394 e. The molecule has 1 aliphatic rings. The maximum Gasteiger partial charge on any atom is 0.0703 e. The Labute approximate surface area is 98.3 Å². The minimum atomic E-state index is -0.307. The van der Waals surface area contributed by atoms with Crippen LogP contribution in [0.1, 0.15) is 33.6 Å². The Bertz CT molecular complexity index is 195. The van der Waals surface area contributed by atoms with Gasteiger partial charge in [-0.1, -0.05) is 0 Å². The van der Waals surface area contributed by atoms with Crippen LogP contribution in [0.5, 0.6) is 0 Å². The van der Waals surface area contributed by atoms with Gasteiger partial charge in [-0.3, -0.25) is 0 Å². The summed E-state index contributed by atoms with van der Waals surface area (Å²) in [7, 11) is 0. The Morgan fingerprint density at radius 1 is 1.38 bits per heavy atom. The van der Waals surface area contributed by atoms with Crippen LogP contribution in [0.2, 0.25) is 0 Å². The third-order valence-electron chi connectivity index (χ3n) is 2.58. The lowest BCUT2D eigenvalue weighted by Gasteiger charge is -2.28. The summed E-state index contributed by atoms with van der Waals surface area (Å²) in [5, 5.41) is 12.7. The maximum absolute atomic E-state index is 9.33. The van der Waals surface area contributed by atoms with Crippen LogP contribution in [0.4, 0.5) is 0 Å². The first-order chi connectivity index (χ1) is 7.56. The molecule has 2 N–H and O–H groups in total. The number of nitrogens with one attached hydrogen (secondary N) is 1. The molecule has 96 valence electrons. The summed E-state index contributed by atoms with van der Waals surface area (Å²) in [5.41, 5.74) is -0.307. The standard InChI is InChI=1S/C12H25NO3/c1-10(2)16-7-6-15-9-12(3,8-14)13-11-4-5-11/h10-11,13-14H,4-9H2,1-3H3. The summed E-state index contributed by atoms with van der Waals surface area (Å²) in [6.07, 6.45) is 2.68. The predicted octanol–water partition coefficient (Wildman–Crippen LogP) is 0.931. The normalized spacial score (nSPS) is 20.1. The highest BCUT2D eigenvalue weighted by atomic mass is 16.5. The van der Waals surface area contributed by atoms with Gasteiger partial charge in [0.2, 0.25) is 0 Å². The monoisotopic (exact) mass is 231 g/mol. The highest BCUT2D eigenvalue weighted by molar-refractivity contribution is 4.92. The number of rotatable bonds is 9. The van der Waals surface area contributed by atoms with Gasteiger partial charge < -0.3 is 19.9 Å². The molecule has 1 rings (SSSR count). The molecule has 0 heterocycles. The van der Waals surface area contributed by atoms with E-state index in [1.807, 2.05) is 20.8 Å². The highest BCUT2D eigenvalue weighted by Gasteiger charge is 2.32. The summed E-state index contributed by atoms with van der Waals surface area (Å²) in [4.78, 5) is 0. The van der Waals surface area contributed by atoms with Gasteiger partial charge in [-0.15, -0.1) is 0 Å². The van der Waals surface area contributed by atoms with E-state index in [0.29, 0.717) is 25.9 Å². The first kappa shape index (κ1) is 13.9. The van der Waals surface area contributed by atoms with Gasteiger partial charge in [0.25, 0.3) is 0 Å². The maximum atomic E-state index is 9.33. The van der Waals surface area contributed by atoms with Crippen LogP contribution in [0.25, 0.3) is 0 Å². The lowest BCUT2D eigenvalue weighted by molar-refractivity contribution is -0.00743. The van der Waals surface area contributed by atoms with Gasteiger partial charge in [0.1, 0.15) is 0 Å². The highest BCUT2D eigenvalue weighted by Crippen LogP contribution is 2.22. The summed E-state index contributed by atoms with van der Waals surface area (Å²) < 4.78 is 10.9. The van der Waals surface area contributed by atoms with E-state index in [-0.39, 0.29) is 18.2 Å². The van der Waals surface area contributed by atoms with Crippen molar-refractivity contribution in [3.05, 3.63) is 0 Å². The lowest BCUT2D eigenvalue weighted by Crippen LogP contribution is -2.50. The van der Waals surface area contributed by atoms with Crippen LogP contribution in [0, 0.1) is 0 Å². The van der Waals surface area contributed by atoms with Gasteiger partial charge in [-0.2, -0.15) is 0 Å². The Hall–Kier alpha value is -0.160. The summed E-state index contributed by atoms with van der Waals surface area (Å²) in [6.45, 7) is 7.84. The summed E-state index contributed by atoms with van der Waals surface area (Å²) >= 11 is 0. The van der Waals surface area contributed by atoms with Gasteiger partial charge in [-0.05, 0) is 33.6 Å². The van der Waals surface area contributed by atoms with Crippen molar-refractivity contribution in [1.29, 1.82) is 0 Å². The second-order valence-electron chi connectivity index (χ2n) is 5.11. The SMILES string of the molecule is CC(C)OCCOCC(C)(CO)NC1CC1. The fraction of sp³-hybridized carbons (Fsp3) is 1.00. The Morgan fingerprint density at radius 3 is 2.56 bits per heavy atom. The van der Waals surface area contributed by atoms with Crippen molar-refractivity contribution in [2.45, 2.75) is 51.3 Å². The first-order valence-corrected chi connectivity index (χ1v) is 6.13. The van der Waals surface area contributed by atoms with Gasteiger partial charge in [0, 0.05) is 6.04 Å². The van der Waals surface area contributed by atoms with Crippen molar-refractivity contribution in [1.82, 2.24) is 5.32 Å². The van der Waals surface area contributed by atoms with Crippen LogP contribution in [-0.2, 0) is 9.47 Å². The molecule has 1 saturated carbocycles. The molecular weight excluding hydrogens is 206 g/mol. The van der Waals surface area contributed by atoms with Gasteiger partial charge in [0.15, 0.2) is 0 Å². The number of hydrogen-bond donors (Lipinski definition) is 2. The fourth-order valence-corrected chi connectivity index (χ4v) is 1.49. The number of aliphatic hydroxyl groups excluding tert-OH is 1. The minimum absolute atomic E-state index is 0.106. The molecule has 0 aromatic rings. The predicted molar refractivity (Wildman–Crippen MR) is 63.6 cm³/mol. The number of aliphatic hydroxyl groups is 1. The van der Waals surface area contributed by atoms with E-state index in [1.54, 1.807) is 0 Å². The van der Waals surface area contributed by atoms with E-state index in [1.165, 1.54) is 12.8 Å². The molecular formula is C12H25NO3. The summed E-state index contributed by atoms with van der Waals surface area (Å²) in [6, 6.07) is 0.577. The average Bonchev–Trinajstić information content (AvgIpc) is 3.01. The molecule has 1 aliphatic carbocycles. The molecule has 0 amide bonds. The smallest absolute Gasteiger partial charge is 0.0703 e. The lowest BCUT2D eigenvalue weighted by atomic mass is 10.1.